The molecule has 0 aliphatic heterocycles. The third-order valence-electron chi connectivity index (χ3n) is 2.64. The third kappa shape index (κ3) is 2.58. The topological polar surface area (TPSA) is 60.2 Å². The molecule has 16 heavy (non-hydrogen) atoms. The Bertz CT molecular complexity index is 455. The van der Waals surface area contributed by atoms with Gasteiger partial charge < -0.3 is 0 Å². The molecule has 0 saturated heterocycles. The summed E-state index contributed by atoms with van der Waals surface area (Å²) in [6.07, 6.45) is 2.08. The minimum Gasteiger partial charge on any atom is -0.299 e. The lowest BCUT2D eigenvalue weighted by atomic mass is 10.0. The Labute approximate surface area is 106 Å². The molecule has 1 aromatic rings. The molecular formula is C11H10INO3. The van der Waals surface area contributed by atoms with Gasteiger partial charge in [-0.15, -0.1) is 0 Å². The van der Waals surface area contributed by atoms with Crippen molar-refractivity contribution in [1.82, 2.24) is 0 Å². The summed E-state index contributed by atoms with van der Waals surface area (Å²) in [5.41, 5.74) is 0.586. The highest BCUT2D eigenvalue weighted by Gasteiger charge is 2.30. The molecule has 1 aromatic carbocycles. The van der Waals surface area contributed by atoms with E-state index < -0.39 is 4.92 Å². The maximum atomic E-state index is 11.6. The van der Waals surface area contributed by atoms with Crippen LogP contribution in [0.25, 0.3) is 0 Å². The smallest absolute Gasteiger partial charge is 0.274 e. The number of benzene rings is 1. The van der Waals surface area contributed by atoms with Crippen LogP contribution in [0.1, 0.15) is 18.4 Å². The van der Waals surface area contributed by atoms with E-state index in [0.29, 0.717) is 5.56 Å². The number of rotatable bonds is 4. The zero-order chi connectivity index (χ0) is 11.7. The summed E-state index contributed by atoms with van der Waals surface area (Å²) in [6, 6.07) is 4.99. The summed E-state index contributed by atoms with van der Waals surface area (Å²) < 4.78 is 0.812. The minimum atomic E-state index is -0.419. The van der Waals surface area contributed by atoms with Gasteiger partial charge in [0.15, 0.2) is 0 Å². The van der Waals surface area contributed by atoms with Crippen molar-refractivity contribution in [2.75, 3.05) is 0 Å². The van der Waals surface area contributed by atoms with Gasteiger partial charge in [0.25, 0.3) is 5.69 Å². The van der Waals surface area contributed by atoms with Gasteiger partial charge in [-0.1, -0.05) is 6.07 Å². The van der Waals surface area contributed by atoms with Crippen LogP contribution in [0.2, 0.25) is 0 Å². The quantitative estimate of drug-likeness (QED) is 0.484. The van der Waals surface area contributed by atoms with Crippen molar-refractivity contribution in [3.8, 4) is 0 Å². The molecule has 1 fully saturated rings. The van der Waals surface area contributed by atoms with Gasteiger partial charge in [0.2, 0.25) is 0 Å². The lowest BCUT2D eigenvalue weighted by molar-refractivity contribution is -0.385. The molecule has 0 bridgehead atoms. The van der Waals surface area contributed by atoms with E-state index in [9.17, 15) is 14.9 Å². The first-order valence-electron chi connectivity index (χ1n) is 5.03. The highest BCUT2D eigenvalue weighted by Crippen LogP contribution is 2.32. The lowest BCUT2D eigenvalue weighted by Gasteiger charge is -2.02. The van der Waals surface area contributed by atoms with E-state index in [2.05, 4.69) is 0 Å². The molecule has 2 rings (SSSR count). The molecule has 0 N–H and O–H groups in total. The number of ketones is 1. The number of halogens is 1. The minimum absolute atomic E-state index is 0.0564. The predicted molar refractivity (Wildman–Crippen MR) is 67.2 cm³/mol. The van der Waals surface area contributed by atoms with Gasteiger partial charge in [-0.25, -0.2) is 0 Å². The fraction of sp³-hybridized carbons (Fsp3) is 0.364. The van der Waals surface area contributed by atoms with Crippen LogP contribution < -0.4 is 0 Å². The Hall–Kier alpha value is -0.980. The molecule has 1 aliphatic rings. The first-order valence-corrected chi connectivity index (χ1v) is 6.11. The van der Waals surface area contributed by atoms with Crippen LogP contribution in [-0.2, 0) is 11.2 Å². The average molecular weight is 331 g/mol. The van der Waals surface area contributed by atoms with E-state index in [1.807, 2.05) is 22.6 Å². The Morgan fingerprint density at radius 2 is 2.19 bits per heavy atom. The van der Waals surface area contributed by atoms with Crippen molar-refractivity contribution in [3.63, 3.8) is 0 Å². The van der Waals surface area contributed by atoms with Crippen LogP contribution in [0.4, 0.5) is 5.69 Å². The van der Waals surface area contributed by atoms with Gasteiger partial charge in [-0.3, -0.25) is 14.9 Å². The average Bonchev–Trinajstić information content (AvgIpc) is 3.03. The van der Waals surface area contributed by atoms with Crippen molar-refractivity contribution >= 4 is 34.1 Å². The monoisotopic (exact) mass is 331 g/mol. The molecule has 0 amide bonds. The molecule has 0 heterocycles. The summed E-state index contributed by atoms with van der Waals surface area (Å²) >= 11 is 2.03. The van der Waals surface area contributed by atoms with Gasteiger partial charge in [0, 0.05) is 27.5 Å². The van der Waals surface area contributed by atoms with Crippen molar-refractivity contribution in [2.45, 2.75) is 19.3 Å². The Morgan fingerprint density at radius 3 is 2.75 bits per heavy atom. The van der Waals surface area contributed by atoms with Crippen molar-refractivity contribution < 1.29 is 9.72 Å². The molecular weight excluding hydrogens is 321 g/mol. The van der Waals surface area contributed by atoms with Crippen LogP contribution in [0.15, 0.2) is 18.2 Å². The predicted octanol–water partition coefficient (Wildman–Crippen LogP) is 2.72. The molecule has 0 radical (unpaired) electrons. The van der Waals surface area contributed by atoms with E-state index >= 15 is 0 Å². The molecule has 0 spiro atoms. The van der Waals surface area contributed by atoms with Crippen molar-refractivity contribution in [1.29, 1.82) is 0 Å². The van der Waals surface area contributed by atoms with E-state index in [-0.39, 0.29) is 23.8 Å². The van der Waals surface area contributed by atoms with Crippen LogP contribution in [-0.4, -0.2) is 10.7 Å². The summed E-state index contributed by atoms with van der Waals surface area (Å²) in [4.78, 5) is 22.0. The Kier molecular flexibility index (Phi) is 3.22. The standard InChI is InChI=1S/C11H10INO3/c12-9-4-3-8(10(6-9)13(15)16)5-11(14)7-1-2-7/h3-4,6-7H,1-2,5H2. The van der Waals surface area contributed by atoms with E-state index in [1.54, 1.807) is 12.1 Å². The summed E-state index contributed by atoms with van der Waals surface area (Å²) in [6.45, 7) is 0. The SMILES string of the molecule is O=C(Cc1ccc(I)cc1[N+](=O)[O-])C1CC1. The Morgan fingerprint density at radius 1 is 1.50 bits per heavy atom. The van der Waals surface area contributed by atoms with Crippen molar-refractivity contribution in [3.05, 3.63) is 37.4 Å². The van der Waals surface area contributed by atoms with Gasteiger partial charge in [-0.2, -0.15) is 0 Å². The Balaban J connectivity index is 2.24. The van der Waals surface area contributed by atoms with Crippen LogP contribution >= 0.6 is 22.6 Å². The number of nitrogens with zero attached hydrogens (tertiary/aromatic N) is 1. The van der Waals surface area contributed by atoms with Gasteiger partial charge in [0.1, 0.15) is 5.78 Å². The molecule has 84 valence electrons. The largest absolute Gasteiger partial charge is 0.299 e. The molecule has 1 aliphatic carbocycles. The van der Waals surface area contributed by atoms with Gasteiger partial charge >= 0.3 is 0 Å². The third-order valence-corrected chi connectivity index (χ3v) is 3.31. The maximum absolute atomic E-state index is 11.6. The fourth-order valence-electron chi connectivity index (χ4n) is 1.59. The van der Waals surface area contributed by atoms with Crippen LogP contribution in [0, 0.1) is 19.6 Å². The lowest BCUT2D eigenvalue weighted by Crippen LogP contribution is -2.07. The van der Waals surface area contributed by atoms with Crippen LogP contribution in [0.5, 0.6) is 0 Å². The highest BCUT2D eigenvalue weighted by molar-refractivity contribution is 14.1. The zero-order valence-electron chi connectivity index (χ0n) is 8.48. The number of nitro groups is 1. The molecule has 4 nitrogen and oxygen atoms in total. The molecule has 0 atom stereocenters. The number of carbonyl (C=O) groups is 1. The second-order valence-electron chi connectivity index (χ2n) is 3.95. The van der Waals surface area contributed by atoms with E-state index in [0.717, 1.165) is 16.4 Å². The maximum Gasteiger partial charge on any atom is 0.274 e. The first kappa shape index (κ1) is 11.5. The zero-order valence-corrected chi connectivity index (χ0v) is 10.6. The molecule has 5 heteroatoms. The second-order valence-corrected chi connectivity index (χ2v) is 5.19. The molecule has 0 aromatic heterocycles. The summed E-state index contributed by atoms with van der Waals surface area (Å²) in [5, 5.41) is 10.8. The highest BCUT2D eigenvalue weighted by atomic mass is 127. The number of carbonyl (C=O) groups excluding carboxylic acids is 1. The molecule has 1 saturated carbocycles. The van der Waals surface area contributed by atoms with E-state index in [1.165, 1.54) is 6.07 Å². The van der Waals surface area contributed by atoms with Gasteiger partial charge in [-0.05, 0) is 41.5 Å². The fourth-order valence-corrected chi connectivity index (χ4v) is 2.07. The number of Topliss-reactive ketones (excluding diaryl/α,β-unsaturated/α-hetero) is 1. The van der Waals surface area contributed by atoms with Gasteiger partial charge in [0.05, 0.1) is 4.92 Å². The van der Waals surface area contributed by atoms with E-state index in [4.69, 9.17) is 0 Å². The van der Waals surface area contributed by atoms with Crippen LogP contribution in [0.3, 0.4) is 0 Å². The second kappa shape index (κ2) is 4.48. The normalized spacial score (nSPS) is 14.8. The summed E-state index contributed by atoms with van der Waals surface area (Å²) in [7, 11) is 0. The summed E-state index contributed by atoms with van der Waals surface area (Å²) in [5.74, 6) is 0.281. The number of hydrogen-bond acceptors (Lipinski definition) is 3. The van der Waals surface area contributed by atoms with Crippen molar-refractivity contribution in [2.24, 2.45) is 5.92 Å². The first-order chi connectivity index (χ1) is 7.58. The number of hydrogen-bond donors (Lipinski definition) is 0. The molecule has 0 unspecified atom stereocenters. The number of nitro benzene ring substituents is 1.